The van der Waals surface area contributed by atoms with E-state index in [0.717, 1.165) is 52.1 Å². The fourth-order valence-corrected chi connectivity index (χ4v) is 3.77. The van der Waals surface area contributed by atoms with E-state index in [-0.39, 0.29) is 0 Å². The summed E-state index contributed by atoms with van der Waals surface area (Å²) in [7, 11) is 0. The van der Waals surface area contributed by atoms with E-state index in [1.807, 2.05) is 23.1 Å². The maximum Gasteiger partial charge on any atom is 0.0809 e. The van der Waals surface area contributed by atoms with E-state index < -0.39 is 0 Å². The summed E-state index contributed by atoms with van der Waals surface area (Å²) < 4.78 is 13.7. The summed E-state index contributed by atoms with van der Waals surface area (Å²) in [4.78, 5) is 2.52. The summed E-state index contributed by atoms with van der Waals surface area (Å²) >= 11 is 0. The van der Waals surface area contributed by atoms with Crippen LogP contribution in [0, 0.1) is 0 Å². The van der Waals surface area contributed by atoms with Gasteiger partial charge in [0, 0.05) is 38.6 Å². The standard InChI is InChI=1S/C20H27N3O2/c1-2-7-20(23-11-4-10-21-23)17(5-1)15-22-12-8-18(9-13-22)25-16-19-6-3-14-24-19/h1-2,4-5,7,10-11,18-19H,3,6,8-9,12-16H2/t19-/m0/s1. The number of ether oxygens (including phenoxy) is 2. The summed E-state index contributed by atoms with van der Waals surface area (Å²) in [6.07, 6.45) is 9.11. The minimum absolute atomic E-state index is 0.332. The largest absolute Gasteiger partial charge is 0.376 e. The van der Waals surface area contributed by atoms with Crippen molar-refractivity contribution in [1.82, 2.24) is 14.7 Å². The lowest BCUT2D eigenvalue weighted by Crippen LogP contribution is -2.37. The Kier molecular flexibility index (Phi) is 5.45. The second kappa shape index (κ2) is 8.13. The fraction of sp³-hybridized carbons (Fsp3) is 0.550. The molecule has 1 aromatic heterocycles. The second-order valence-electron chi connectivity index (χ2n) is 7.02. The van der Waals surface area contributed by atoms with E-state index in [1.165, 1.54) is 17.7 Å². The first-order chi connectivity index (χ1) is 12.4. The smallest absolute Gasteiger partial charge is 0.0809 e. The Morgan fingerprint density at radius 3 is 2.76 bits per heavy atom. The molecular formula is C20H27N3O2. The Morgan fingerprint density at radius 1 is 1.12 bits per heavy atom. The van der Waals surface area contributed by atoms with E-state index in [2.05, 4.69) is 34.3 Å². The van der Waals surface area contributed by atoms with Crippen LogP contribution in [-0.2, 0) is 16.0 Å². The number of nitrogens with zero attached hydrogens (tertiary/aromatic N) is 3. The zero-order valence-corrected chi connectivity index (χ0v) is 14.7. The third-order valence-corrected chi connectivity index (χ3v) is 5.21. The molecular weight excluding hydrogens is 314 g/mol. The number of para-hydroxylation sites is 1. The topological polar surface area (TPSA) is 39.5 Å². The molecule has 0 aliphatic carbocycles. The van der Waals surface area contributed by atoms with Crippen molar-refractivity contribution in [3.63, 3.8) is 0 Å². The first kappa shape index (κ1) is 16.8. The molecule has 0 amide bonds. The van der Waals surface area contributed by atoms with Crippen LogP contribution in [0.2, 0.25) is 0 Å². The lowest BCUT2D eigenvalue weighted by molar-refractivity contribution is -0.0426. The number of benzene rings is 1. The van der Waals surface area contributed by atoms with Gasteiger partial charge in [-0.25, -0.2) is 4.68 Å². The van der Waals surface area contributed by atoms with E-state index >= 15 is 0 Å². The van der Waals surface area contributed by atoms with Crippen LogP contribution in [-0.4, -0.2) is 53.2 Å². The van der Waals surface area contributed by atoms with Crippen LogP contribution >= 0.6 is 0 Å². The molecule has 2 fully saturated rings. The zero-order valence-electron chi connectivity index (χ0n) is 14.7. The lowest BCUT2D eigenvalue weighted by atomic mass is 10.1. The van der Waals surface area contributed by atoms with Crippen molar-refractivity contribution in [3.05, 3.63) is 48.3 Å². The van der Waals surface area contributed by atoms with Gasteiger partial charge in [-0.05, 0) is 43.4 Å². The van der Waals surface area contributed by atoms with E-state index in [9.17, 15) is 0 Å². The van der Waals surface area contributed by atoms with Gasteiger partial charge in [0.25, 0.3) is 0 Å². The molecule has 0 bridgehead atoms. The van der Waals surface area contributed by atoms with Gasteiger partial charge in [-0.3, -0.25) is 4.90 Å². The maximum absolute atomic E-state index is 6.08. The molecule has 4 rings (SSSR count). The van der Waals surface area contributed by atoms with Crippen molar-refractivity contribution in [1.29, 1.82) is 0 Å². The zero-order chi connectivity index (χ0) is 16.9. The SMILES string of the molecule is c1ccc(-n2cccn2)c(CN2CCC(OC[C@@H]3CCCO3)CC2)c1. The third kappa shape index (κ3) is 4.29. The molecule has 1 aromatic carbocycles. The van der Waals surface area contributed by atoms with Crippen molar-refractivity contribution < 1.29 is 9.47 Å². The highest BCUT2D eigenvalue weighted by atomic mass is 16.5. The molecule has 2 saturated heterocycles. The monoisotopic (exact) mass is 341 g/mol. The molecule has 0 unspecified atom stereocenters. The fourth-order valence-electron chi connectivity index (χ4n) is 3.77. The predicted molar refractivity (Wildman–Crippen MR) is 96.8 cm³/mol. The average Bonchev–Trinajstić information content (AvgIpc) is 3.36. The molecule has 134 valence electrons. The van der Waals surface area contributed by atoms with Crippen molar-refractivity contribution in [3.8, 4) is 5.69 Å². The molecule has 0 radical (unpaired) electrons. The number of likely N-dealkylation sites (tertiary alicyclic amines) is 1. The number of hydrogen-bond acceptors (Lipinski definition) is 4. The Labute approximate surface area is 149 Å². The minimum Gasteiger partial charge on any atom is -0.376 e. The minimum atomic E-state index is 0.332. The van der Waals surface area contributed by atoms with Crippen LogP contribution in [0.25, 0.3) is 5.69 Å². The summed E-state index contributed by atoms with van der Waals surface area (Å²) in [6, 6.07) is 10.5. The van der Waals surface area contributed by atoms with Gasteiger partial charge in [0.2, 0.25) is 0 Å². The van der Waals surface area contributed by atoms with Gasteiger partial charge in [0.15, 0.2) is 0 Å². The van der Waals surface area contributed by atoms with Gasteiger partial charge in [0.05, 0.1) is 24.5 Å². The normalized spacial score (nSPS) is 22.5. The van der Waals surface area contributed by atoms with Gasteiger partial charge in [-0.15, -0.1) is 0 Å². The van der Waals surface area contributed by atoms with Crippen molar-refractivity contribution in [2.45, 2.75) is 44.4 Å². The highest BCUT2D eigenvalue weighted by Gasteiger charge is 2.23. The van der Waals surface area contributed by atoms with Gasteiger partial charge in [0.1, 0.15) is 0 Å². The van der Waals surface area contributed by atoms with Crippen LogP contribution in [0.4, 0.5) is 0 Å². The number of aromatic nitrogens is 2. The number of piperidine rings is 1. The molecule has 5 heteroatoms. The van der Waals surface area contributed by atoms with Crippen molar-refractivity contribution in [2.24, 2.45) is 0 Å². The molecule has 0 N–H and O–H groups in total. The number of hydrogen-bond donors (Lipinski definition) is 0. The van der Waals surface area contributed by atoms with Crippen LogP contribution in [0.3, 0.4) is 0 Å². The third-order valence-electron chi connectivity index (χ3n) is 5.21. The van der Waals surface area contributed by atoms with E-state index in [1.54, 1.807) is 0 Å². The molecule has 2 aromatic rings. The van der Waals surface area contributed by atoms with Gasteiger partial charge in [-0.2, -0.15) is 5.10 Å². The second-order valence-corrected chi connectivity index (χ2v) is 7.02. The average molecular weight is 341 g/mol. The van der Waals surface area contributed by atoms with Crippen LogP contribution in [0.1, 0.15) is 31.2 Å². The first-order valence-corrected chi connectivity index (χ1v) is 9.42. The quantitative estimate of drug-likeness (QED) is 0.810. The summed E-state index contributed by atoms with van der Waals surface area (Å²) in [5, 5.41) is 4.38. The van der Waals surface area contributed by atoms with E-state index in [4.69, 9.17) is 9.47 Å². The molecule has 25 heavy (non-hydrogen) atoms. The highest BCUT2D eigenvalue weighted by molar-refractivity contribution is 5.40. The number of rotatable bonds is 6. The lowest BCUT2D eigenvalue weighted by Gasteiger charge is -2.32. The molecule has 1 atom stereocenters. The van der Waals surface area contributed by atoms with Gasteiger partial charge < -0.3 is 9.47 Å². The Hall–Kier alpha value is -1.69. The van der Waals surface area contributed by atoms with Gasteiger partial charge in [-0.1, -0.05) is 18.2 Å². The van der Waals surface area contributed by atoms with Crippen LogP contribution in [0.5, 0.6) is 0 Å². The van der Waals surface area contributed by atoms with E-state index in [0.29, 0.717) is 12.2 Å². The van der Waals surface area contributed by atoms with Crippen molar-refractivity contribution >= 4 is 0 Å². The molecule has 0 saturated carbocycles. The highest BCUT2D eigenvalue weighted by Crippen LogP contribution is 2.21. The summed E-state index contributed by atoms with van der Waals surface area (Å²) in [6.45, 7) is 4.82. The molecule has 0 spiro atoms. The van der Waals surface area contributed by atoms with Crippen LogP contribution < -0.4 is 0 Å². The first-order valence-electron chi connectivity index (χ1n) is 9.42. The summed E-state index contributed by atoms with van der Waals surface area (Å²) in [5.41, 5.74) is 2.49. The predicted octanol–water partition coefficient (Wildman–Crippen LogP) is 3.03. The Morgan fingerprint density at radius 2 is 2.00 bits per heavy atom. The van der Waals surface area contributed by atoms with Gasteiger partial charge >= 0.3 is 0 Å². The molecule has 2 aliphatic heterocycles. The van der Waals surface area contributed by atoms with Crippen molar-refractivity contribution in [2.75, 3.05) is 26.3 Å². The van der Waals surface area contributed by atoms with Crippen LogP contribution in [0.15, 0.2) is 42.7 Å². The Bertz CT molecular complexity index is 645. The maximum atomic E-state index is 6.08. The summed E-state index contributed by atoms with van der Waals surface area (Å²) in [5.74, 6) is 0. The Balaban J connectivity index is 1.29. The molecule has 2 aliphatic rings. The molecule has 5 nitrogen and oxygen atoms in total. The molecule has 3 heterocycles.